The summed E-state index contributed by atoms with van der Waals surface area (Å²) in [6.07, 6.45) is 5.80. The molecule has 3 aliphatic rings. The van der Waals surface area contributed by atoms with Crippen molar-refractivity contribution in [2.45, 2.75) is 46.0 Å². The SMILES string of the molecule is CC1(C)CC(=O)c2sc(N3CC4CCCC4C3)nc2C1. The van der Waals surface area contributed by atoms with Gasteiger partial charge in [0, 0.05) is 19.5 Å². The Morgan fingerprint density at radius 3 is 2.60 bits per heavy atom. The van der Waals surface area contributed by atoms with E-state index in [9.17, 15) is 4.79 Å². The predicted octanol–water partition coefficient (Wildman–Crippen LogP) is 3.53. The van der Waals surface area contributed by atoms with Gasteiger partial charge in [0.25, 0.3) is 0 Å². The Hall–Kier alpha value is -0.900. The minimum Gasteiger partial charge on any atom is -0.347 e. The van der Waals surface area contributed by atoms with Crippen LogP contribution in [-0.4, -0.2) is 23.9 Å². The number of anilines is 1. The number of fused-ring (bicyclic) bond motifs is 2. The molecule has 0 N–H and O–H groups in total. The molecule has 0 amide bonds. The van der Waals surface area contributed by atoms with Crippen molar-refractivity contribution in [1.82, 2.24) is 4.98 Å². The molecule has 2 fully saturated rings. The molecule has 2 unspecified atom stereocenters. The van der Waals surface area contributed by atoms with Gasteiger partial charge < -0.3 is 4.90 Å². The Bertz CT molecular complexity index is 551. The molecule has 1 aromatic rings. The number of ketones is 1. The van der Waals surface area contributed by atoms with Gasteiger partial charge in [0.1, 0.15) is 0 Å². The lowest BCUT2D eigenvalue weighted by atomic mass is 9.78. The molecule has 4 heteroatoms. The van der Waals surface area contributed by atoms with Crippen molar-refractivity contribution >= 4 is 22.3 Å². The smallest absolute Gasteiger partial charge is 0.186 e. The van der Waals surface area contributed by atoms with Crippen LogP contribution in [0.5, 0.6) is 0 Å². The van der Waals surface area contributed by atoms with Crippen LogP contribution in [0.1, 0.15) is 54.9 Å². The molecule has 1 aliphatic heterocycles. The number of hydrogen-bond acceptors (Lipinski definition) is 4. The van der Waals surface area contributed by atoms with E-state index in [1.807, 2.05) is 0 Å². The second-order valence-corrected chi connectivity index (χ2v) is 8.55. The van der Waals surface area contributed by atoms with Gasteiger partial charge in [0.2, 0.25) is 0 Å². The monoisotopic (exact) mass is 290 g/mol. The molecule has 1 saturated carbocycles. The Labute approximate surface area is 124 Å². The molecular weight excluding hydrogens is 268 g/mol. The van der Waals surface area contributed by atoms with Crippen LogP contribution in [0.25, 0.3) is 0 Å². The van der Waals surface area contributed by atoms with E-state index >= 15 is 0 Å². The summed E-state index contributed by atoms with van der Waals surface area (Å²) < 4.78 is 0. The van der Waals surface area contributed by atoms with Gasteiger partial charge in [-0.1, -0.05) is 31.6 Å². The first-order chi connectivity index (χ1) is 9.52. The quantitative estimate of drug-likeness (QED) is 0.793. The van der Waals surface area contributed by atoms with E-state index in [4.69, 9.17) is 4.98 Å². The average Bonchev–Trinajstić information content (AvgIpc) is 2.97. The van der Waals surface area contributed by atoms with Gasteiger partial charge in [-0.3, -0.25) is 4.79 Å². The second-order valence-electron chi connectivity index (χ2n) is 7.57. The minimum atomic E-state index is 0.0803. The lowest BCUT2D eigenvalue weighted by Crippen LogP contribution is -2.26. The number of aromatic nitrogens is 1. The van der Waals surface area contributed by atoms with Gasteiger partial charge in [0.15, 0.2) is 10.9 Å². The number of thiazole rings is 1. The zero-order chi connectivity index (χ0) is 13.9. The van der Waals surface area contributed by atoms with Crippen molar-refractivity contribution in [3.05, 3.63) is 10.6 Å². The third-order valence-electron chi connectivity index (χ3n) is 5.22. The minimum absolute atomic E-state index is 0.0803. The summed E-state index contributed by atoms with van der Waals surface area (Å²) in [4.78, 5) is 20.5. The number of carbonyl (C=O) groups is 1. The summed E-state index contributed by atoms with van der Waals surface area (Å²) in [6.45, 7) is 6.67. The third kappa shape index (κ3) is 2.00. The highest BCUT2D eigenvalue weighted by Gasteiger charge is 2.39. The molecular formula is C16H22N2OS. The lowest BCUT2D eigenvalue weighted by Gasteiger charge is -2.26. The van der Waals surface area contributed by atoms with Crippen molar-refractivity contribution < 1.29 is 4.79 Å². The van der Waals surface area contributed by atoms with Crippen molar-refractivity contribution in [2.75, 3.05) is 18.0 Å². The Balaban J connectivity index is 1.61. The maximum atomic E-state index is 12.3. The van der Waals surface area contributed by atoms with Gasteiger partial charge in [-0.2, -0.15) is 0 Å². The Kier molecular flexibility index (Phi) is 2.75. The molecule has 0 spiro atoms. The van der Waals surface area contributed by atoms with E-state index in [1.54, 1.807) is 11.3 Å². The van der Waals surface area contributed by atoms with E-state index in [-0.39, 0.29) is 5.41 Å². The molecule has 108 valence electrons. The van der Waals surface area contributed by atoms with Crippen LogP contribution in [0.15, 0.2) is 0 Å². The van der Waals surface area contributed by atoms with Gasteiger partial charge in [-0.15, -0.1) is 0 Å². The predicted molar refractivity (Wildman–Crippen MR) is 81.6 cm³/mol. The molecule has 0 radical (unpaired) electrons. The largest absolute Gasteiger partial charge is 0.347 e. The number of Topliss-reactive ketones (excluding diaryl/α,β-unsaturated/α-hetero) is 1. The summed E-state index contributed by atoms with van der Waals surface area (Å²) in [7, 11) is 0. The number of hydrogen-bond donors (Lipinski definition) is 0. The zero-order valence-electron chi connectivity index (χ0n) is 12.3. The summed E-state index contributed by atoms with van der Waals surface area (Å²) in [5.74, 6) is 2.06. The summed E-state index contributed by atoms with van der Waals surface area (Å²) >= 11 is 1.65. The third-order valence-corrected chi connectivity index (χ3v) is 6.42. The van der Waals surface area contributed by atoms with Crippen molar-refractivity contribution in [3.63, 3.8) is 0 Å². The molecule has 3 nitrogen and oxygen atoms in total. The standard InChI is InChI=1S/C16H22N2OS/c1-16(2)6-12-14(13(19)7-16)20-15(17-12)18-8-10-4-3-5-11(10)9-18/h10-11H,3-9H2,1-2H3. The van der Waals surface area contributed by atoms with Crippen LogP contribution < -0.4 is 4.90 Å². The van der Waals surface area contributed by atoms with Crippen LogP contribution in [-0.2, 0) is 6.42 Å². The molecule has 0 bridgehead atoms. The molecule has 2 heterocycles. The fraction of sp³-hybridized carbons (Fsp3) is 0.750. The summed E-state index contributed by atoms with van der Waals surface area (Å²) in [6, 6.07) is 0. The summed E-state index contributed by atoms with van der Waals surface area (Å²) in [5.41, 5.74) is 1.14. The first-order valence-corrected chi connectivity index (χ1v) is 8.61. The van der Waals surface area contributed by atoms with Crippen molar-refractivity contribution in [2.24, 2.45) is 17.3 Å². The highest BCUT2D eigenvalue weighted by atomic mass is 32.1. The highest BCUT2D eigenvalue weighted by molar-refractivity contribution is 7.17. The van der Waals surface area contributed by atoms with Gasteiger partial charge in [-0.05, 0) is 36.5 Å². The number of carbonyl (C=O) groups excluding carboxylic acids is 1. The number of nitrogens with zero attached hydrogens (tertiary/aromatic N) is 2. The maximum absolute atomic E-state index is 12.3. The lowest BCUT2D eigenvalue weighted by molar-refractivity contribution is 0.0916. The topological polar surface area (TPSA) is 33.2 Å². The van der Waals surface area contributed by atoms with E-state index in [0.717, 1.165) is 47.0 Å². The van der Waals surface area contributed by atoms with Crippen LogP contribution >= 0.6 is 11.3 Å². The second kappa shape index (κ2) is 4.30. The average molecular weight is 290 g/mol. The van der Waals surface area contributed by atoms with Gasteiger partial charge >= 0.3 is 0 Å². The van der Waals surface area contributed by atoms with Gasteiger partial charge in [0.05, 0.1) is 10.6 Å². The molecule has 1 aromatic heterocycles. The molecule has 2 atom stereocenters. The van der Waals surface area contributed by atoms with Crippen molar-refractivity contribution in [3.8, 4) is 0 Å². The van der Waals surface area contributed by atoms with E-state index < -0.39 is 0 Å². The summed E-state index contributed by atoms with van der Waals surface area (Å²) in [5, 5.41) is 1.11. The van der Waals surface area contributed by atoms with Crippen LogP contribution in [0.2, 0.25) is 0 Å². The van der Waals surface area contributed by atoms with Crippen LogP contribution in [0.4, 0.5) is 5.13 Å². The molecule has 1 saturated heterocycles. The number of rotatable bonds is 1. The molecule has 2 aliphatic carbocycles. The normalized spacial score (nSPS) is 31.5. The highest BCUT2D eigenvalue weighted by Crippen LogP contribution is 2.43. The first kappa shape index (κ1) is 12.8. The van der Waals surface area contributed by atoms with E-state index in [1.165, 1.54) is 19.3 Å². The Morgan fingerprint density at radius 1 is 1.20 bits per heavy atom. The van der Waals surface area contributed by atoms with Crippen LogP contribution in [0, 0.1) is 17.3 Å². The zero-order valence-corrected chi connectivity index (χ0v) is 13.1. The molecule has 20 heavy (non-hydrogen) atoms. The van der Waals surface area contributed by atoms with Crippen LogP contribution in [0.3, 0.4) is 0 Å². The maximum Gasteiger partial charge on any atom is 0.186 e. The fourth-order valence-corrected chi connectivity index (χ4v) is 5.27. The molecule has 0 aromatic carbocycles. The fourth-order valence-electron chi connectivity index (χ4n) is 4.23. The molecule has 4 rings (SSSR count). The van der Waals surface area contributed by atoms with E-state index in [0.29, 0.717) is 12.2 Å². The van der Waals surface area contributed by atoms with Gasteiger partial charge in [-0.25, -0.2) is 4.98 Å². The van der Waals surface area contributed by atoms with E-state index in [2.05, 4.69) is 18.7 Å². The van der Waals surface area contributed by atoms with Crippen molar-refractivity contribution in [1.29, 1.82) is 0 Å². The Morgan fingerprint density at radius 2 is 1.90 bits per heavy atom. The first-order valence-electron chi connectivity index (χ1n) is 7.80.